The van der Waals surface area contributed by atoms with Gasteiger partial charge >= 0.3 is 0 Å². The van der Waals surface area contributed by atoms with E-state index in [0.29, 0.717) is 17.6 Å². The van der Waals surface area contributed by atoms with E-state index in [1.807, 2.05) is 11.7 Å². The van der Waals surface area contributed by atoms with Crippen LogP contribution in [0, 0.1) is 11.7 Å². The monoisotopic (exact) mass is 356 g/mol. The van der Waals surface area contributed by atoms with Crippen LogP contribution in [0.4, 0.5) is 10.3 Å². The van der Waals surface area contributed by atoms with Crippen LogP contribution in [0.15, 0.2) is 12.4 Å². The van der Waals surface area contributed by atoms with E-state index in [-0.39, 0.29) is 11.1 Å². The van der Waals surface area contributed by atoms with Crippen LogP contribution in [0.1, 0.15) is 50.6 Å². The third kappa shape index (κ3) is 2.69. The number of aromatic nitrogens is 4. The summed E-state index contributed by atoms with van der Waals surface area (Å²) >= 11 is 0. The van der Waals surface area contributed by atoms with Gasteiger partial charge in [0.15, 0.2) is 5.82 Å². The fourth-order valence-corrected chi connectivity index (χ4v) is 4.77. The van der Waals surface area contributed by atoms with Crippen molar-refractivity contribution in [2.75, 3.05) is 5.32 Å². The zero-order valence-corrected chi connectivity index (χ0v) is 15.1. The van der Waals surface area contributed by atoms with Gasteiger partial charge in [0.25, 0.3) is 0 Å². The second-order valence-corrected chi connectivity index (χ2v) is 8.61. The van der Waals surface area contributed by atoms with Crippen molar-refractivity contribution in [1.29, 1.82) is 0 Å². The maximum atomic E-state index is 14.5. The Morgan fingerprint density at radius 3 is 2.69 bits per heavy atom. The lowest BCUT2D eigenvalue weighted by molar-refractivity contribution is 0.407. The van der Waals surface area contributed by atoms with Crippen molar-refractivity contribution >= 4 is 5.95 Å². The molecule has 0 spiro atoms. The molecule has 3 saturated carbocycles. The van der Waals surface area contributed by atoms with Gasteiger partial charge < -0.3 is 11.1 Å². The molecule has 0 saturated heterocycles. The Labute approximate surface area is 152 Å². The first kappa shape index (κ1) is 16.2. The number of anilines is 1. The molecule has 2 aromatic heterocycles. The highest BCUT2D eigenvalue weighted by atomic mass is 19.1. The average molecular weight is 356 g/mol. The quantitative estimate of drug-likeness (QED) is 0.861. The van der Waals surface area contributed by atoms with E-state index in [4.69, 9.17) is 5.73 Å². The number of fused-ring (bicyclic) bond motifs is 2. The molecular weight excluding hydrogens is 331 g/mol. The second-order valence-electron chi connectivity index (χ2n) is 8.61. The molecule has 2 aromatic rings. The standard InChI is InChI=1S/C19H25FN6/c1-26-15(8-12-2-3-12)13(9-23-26)16-14(20)10-22-17(24-16)25-19-6-4-18(21,11-19)5-7-19/h9-10,12H,2-8,11,21H2,1H3,(H,22,24,25). The lowest BCUT2D eigenvalue weighted by atomic mass is 9.92. The maximum absolute atomic E-state index is 14.5. The molecule has 6 nitrogen and oxygen atoms in total. The van der Waals surface area contributed by atoms with Crippen LogP contribution in [0.2, 0.25) is 0 Å². The third-order valence-electron chi connectivity index (χ3n) is 6.51. The molecule has 0 amide bonds. The molecule has 0 unspecified atom stereocenters. The van der Waals surface area contributed by atoms with Gasteiger partial charge in [0, 0.05) is 29.4 Å². The zero-order chi connectivity index (χ0) is 17.9. The molecule has 0 radical (unpaired) electrons. The summed E-state index contributed by atoms with van der Waals surface area (Å²) in [5.74, 6) is 0.790. The van der Waals surface area contributed by atoms with Crippen LogP contribution >= 0.6 is 0 Å². The van der Waals surface area contributed by atoms with Crippen LogP contribution < -0.4 is 11.1 Å². The maximum Gasteiger partial charge on any atom is 0.223 e. The van der Waals surface area contributed by atoms with Gasteiger partial charge in [-0.15, -0.1) is 0 Å². The normalized spacial score (nSPS) is 30.1. The van der Waals surface area contributed by atoms with E-state index in [9.17, 15) is 4.39 Å². The van der Waals surface area contributed by atoms with Gasteiger partial charge in [-0.2, -0.15) is 5.10 Å². The number of nitrogens with two attached hydrogens (primary N) is 1. The Kier molecular flexibility index (Phi) is 3.41. The summed E-state index contributed by atoms with van der Waals surface area (Å²) in [6, 6.07) is 0. The Morgan fingerprint density at radius 1 is 1.27 bits per heavy atom. The largest absolute Gasteiger partial charge is 0.349 e. The van der Waals surface area contributed by atoms with Crippen molar-refractivity contribution in [3.05, 3.63) is 23.9 Å². The first-order chi connectivity index (χ1) is 12.5. The van der Waals surface area contributed by atoms with E-state index in [1.54, 1.807) is 6.20 Å². The highest BCUT2D eigenvalue weighted by Crippen LogP contribution is 2.50. The Bertz CT molecular complexity index is 848. The van der Waals surface area contributed by atoms with Crippen LogP contribution in [0.25, 0.3) is 11.3 Å². The minimum Gasteiger partial charge on any atom is -0.349 e. The smallest absolute Gasteiger partial charge is 0.223 e. The van der Waals surface area contributed by atoms with Crippen LogP contribution in [-0.2, 0) is 13.5 Å². The summed E-state index contributed by atoms with van der Waals surface area (Å²) < 4.78 is 16.4. The average Bonchev–Trinajstić information content (AvgIpc) is 3.17. The van der Waals surface area contributed by atoms with E-state index in [2.05, 4.69) is 20.4 Å². The molecule has 138 valence electrons. The fourth-order valence-electron chi connectivity index (χ4n) is 4.77. The topological polar surface area (TPSA) is 81.7 Å². The van der Waals surface area contributed by atoms with Crippen LogP contribution in [0.5, 0.6) is 0 Å². The van der Waals surface area contributed by atoms with Gasteiger partial charge in [0.2, 0.25) is 5.95 Å². The highest BCUT2D eigenvalue weighted by Gasteiger charge is 2.52. The number of nitrogens with zero attached hydrogens (tertiary/aromatic N) is 4. The molecule has 3 N–H and O–H groups in total. The molecule has 0 atom stereocenters. The van der Waals surface area contributed by atoms with E-state index < -0.39 is 5.82 Å². The minimum atomic E-state index is -0.399. The number of rotatable bonds is 5. The van der Waals surface area contributed by atoms with Crippen molar-refractivity contribution in [3.63, 3.8) is 0 Å². The Morgan fingerprint density at radius 2 is 2.04 bits per heavy atom. The summed E-state index contributed by atoms with van der Waals surface area (Å²) in [6.45, 7) is 0. The predicted molar refractivity (Wildman–Crippen MR) is 97.0 cm³/mol. The molecular formula is C19H25FN6. The van der Waals surface area contributed by atoms with Crippen molar-refractivity contribution < 1.29 is 4.39 Å². The molecule has 2 heterocycles. The van der Waals surface area contributed by atoms with Crippen LogP contribution in [-0.4, -0.2) is 30.8 Å². The first-order valence-electron chi connectivity index (χ1n) is 9.56. The molecule has 2 bridgehead atoms. The number of hydrogen-bond donors (Lipinski definition) is 2. The van der Waals surface area contributed by atoms with E-state index >= 15 is 0 Å². The lowest BCUT2D eigenvalue weighted by Crippen LogP contribution is -2.34. The summed E-state index contributed by atoms with van der Waals surface area (Å²) in [6.07, 6.45) is 11.5. The number of halogens is 1. The highest BCUT2D eigenvalue weighted by molar-refractivity contribution is 5.63. The molecule has 3 aliphatic carbocycles. The van der Waals surface area contributed by atoms with Crippen molar-refractivity contribution in [2.45, 2.75) is 62.4 Å². The number of aryl methyl sites for hydroxylation is 1. The van der Waals surface area contributed by atoms with Gasteiger partial charge in [-0.1, -0.05) is 0 Å². The van der Waals surface area contributed by atoms with Crippen molar-refractivity contribution in [2.24, 2.45) is 18.7 Å². The molecule has 26 heavy (non-hydrogen) atoms. The summed E-state index contributed by atoms with van der Waals surface area (Å²) in [5, 5.41) is 7.84. The predicted octanol–water partition coefficient (Wildman–Crippen LogP) is 2.79. The first-order valence-corrected chi connectivity index (χ1v) is 9.56. The minimum absolute atomic E-state index is 0.0321. The molecule has 3 aliphatic rings. The molecule has 0 aromatic carbocycles. The van der Waals surface area contributed by atoms with Gasteiger partial charge in [0.05, 0.1) is 12.4 Å². The molecule has 7 heteroatoms. The van der Waals surface area contributed by atoms with Gasteiger partial charge in [-0.05, 0) is 57.3 Å². The van der Waals surface area contributed by atoms with E-state index in [0.717, 1.165) is 49.8 Å². The summed E-state index contributed by atoms with van der Waals surface area (Å²) in [5.41, 5.74) is 8.51. The van der Waals surface area contributed by atoms with Crippen molar-refractivity contribution in [1.82, 2.24) is 19.7 Å². The van der Waals surface area contributed by atoms with Gasteiger partial charge in [0.1, 0.15) is 5.69 Å². The zero-order valence-electron chi connectivity index (χ0n) is 15.1. The summed E-state index contributed by atoms with van der Waals surface area (Å²) in [7, 11) is 1.91. The second kappa shape index (κ2) is 5.49. The van der Waals surface area contributed by atoms with Gasteiger partial charge in [-0.3, -0.25) is 4.68 Å². The van der Waals surface area contributed by atoms with Gasteiger partial charge in [-0.25, -0.2) is 14.4 Å². The SMILES string of the molecule is Cn1ncc(-c2nc(NC34CCC(N)(CC3)C4)ncc2F)c1CC1CC1. The Hall–Kier alpha value is -2.02. The molecule has 5 rings (SSSR count). The van der Waals surface area contributed by atoms with Crippen LogP contribution in [0.3, 0.4) is 0 Å². The number of hydrogen-bond acceptors (Lipinski definition) is 5. The Balaban J connectivity index is 1.46. The van der Waals surface area contributed by atoms with Crippen molar-refractivity contribution in [3.8, 4) is 11.3 Å². The third-order valence-corrected chi connectivity index (χ3v) is 6.51. The molecule has 3 fully saturated rings. The van der Waals surface area contributed by atoms with E-state index in [1.165, 1.54) is 19.0 Å². The fraction of sp³-hybridized carbons (Fsp3) is 0.632. The lowest BCUT2D eigenvalue weighted by Gasteiger charge is -2.28. The number of nitrogens with one attached hydrogen (secondary N) is 1. The summed E-state index contributed by atoms with van der Waals surface area (Å²) in [4.78, 5) is 8.76. The molecule has 0 aliphatic heterocycles.